The summed E-state index contributed by atoms with van der Waals surface area (Å²) >= 11 is 0. The highest BCUT2D eigenvalue weighted by molar-refractivity contribution is 7.91. The average molecular weight is 347 g/mol. The molecule has 0 aromatic heterocycles. The monoisotopic (exact) mass is 347 g/mol. The Bertz CT molecular complexity index is 857. The first kappa shape index (κ1) is 17.7. The van der Waals surface area contributed by atoms with E-state index in [0.717, 1.165) is 0 Å². The lowest BCUT2D eigenvalue weighted by Crippen LogP contribution is -2.15. The molecule has 0 aliphatic carbocycles. The number of carbonyl (C=O) groups is 2. The summed E-state index contributed by atoms with van der Waals surface area (Å²) in [4.78, 5) is 23.5. The third-order valence-corrected chi connectivity index (χ3v) is 5.29. The summed E-state index contributed by atoms with van der Waals surface area (Å²) < 4.78 is 23.9. The Kier molecular flexibility index (Phi) is 5.35. The topological polar surface area (TPSA) is 101 Å². The average Bonchev–Trinajstić information content (AvgIpc) is 2.55. The van der Waals surface area contributed by atoms with Gasteiger partial charge in [-0.25, -0.2) is 13.2 Å². The largest absolute Gasteiger partial charge is 0.478 e. The number of carboxylic acids is 1. The van der Waals surface area contributed by atoms with Crippen molar-refractivity contribution in [2.45, 2.75) is 18.2 Å². The number of para-hydroxylation sites is 1. The van der Waals surface area contributed by atoms with Gasteiger partial charge in [-0.3, -0.25) is 4.79 Å². The van der Waals surface area contributed by atoms with E-state index in [1.54, 1.807) is 19.1 Å². The van der Waals surface area contributed by atoms with E-state index in [1.165, 1.54) is 36.4 Å². The lowest BCUT2D eigenvalue weighted by molar-refractivity contribution is 0.0698. The second-order valence-electron chi connectivity index (χ2n) is 5.15. The molecule has 126 valence electrons. The fraction of sp³-hybridized carbons (Fsp3) is 0.176. The Labute approximate surface area is 140 Å². The van der Waals surface area contributed by atoms with Gasteiger partial charge in [0, 0.05) is 5.56 Å². The van der Waals surface area contributed by atoms with Gasteiger partial charge in [-0.1, -0.05) is 19.1 Å². The SMILES string of the molecule is CCCS(=O)(=O)c1ccc(C(=O)Nc2ccccc2C(=O)O)cc1. The van der Waals surface area contributed by atoms with Gasteiger partial charge in [-0.15, -0.1) is 0 Å². The Balaban J connectivity index is 2.21. The Morgan fingerprint density at radius 3 is 2.25 bits per heavy atom. The molecule has 0 saturated carbocycles. The number of benzene rings is 2. The Morgan fingerprint density at radius 1 is 1.04 bits per heavy atom. The minimum absolute atomic E-state index is 0.0204. The molecule has 0 radical (unpaired) electrons. The molecule has 24 heavy (non-hydrogen) atoms. The zero-order valence-electron chi connectivity index (χ0n) is 13.0. The van der Waals surface area contributed by atoms with Crippen LogP contribution in [0, 0.1) is 0 Å². The lowest BCUT2D eigenvalue weighted by Gasteiger charge is -2.09. The van der Waals surface area contributed by atoms with Gasteiger partial charge in [0.05, 0.1) is 21.9 Å². The van der Waals surface area contributed by atoms with E-state index in [9.17, 15) is 18.0 Å². The highest BCUT2D eigenvalue weighted by Crippen LogP contribution is 2.18. The molecular formula is C17H17NO5S. The fourth-order valence-corrected chi connectivity index (χ4v) is 3.50. The van der Waals surface area contributed by atoms with Gasteiger partial charge >= 0.3 is 5.97 Å². The van der Waals surface area contributed by atoms with Crippen LogP contribution in [0.15, 0.2) is 53.4 Å². The highest BCUT2D eigenvalue weighted by Gasteiger charge is 2.16. The second kappa shape index (κ2) is 7.27. The van der Waals surface area contributed by atoms with Crippen LogP contribution in [0.25, 0.3) is 0 Å². The van der Waals surface area contributed by atoms with Crippen molar-refractivity contribution in [3.8, 4) is 0 Å². The maximum Gasteiger partial charge on any atom is 0.337 e. The number of anilines is 1. The first-order valence-corrected chi connectivity index (χ1v) is 8.97. The Morgan fingerprint density at radius 2 is 1.67 bits per heavy atom. The first-order chi connectivity index (χ1) is 11.3. The van der Waals surface area contributed by atoms with Crippen molar-refractivity contribution in [2.75, 3.05) is 11.1 Å². The third-order valence-electron chi connectivity index (χ3n) is 3.35. The number of aromatic carboxylic acids is 1. The first-order valence-electron chi connectivity index (χ1n) is 7.31. The van der Waals surface area contributed by atoms with E-state index in [1.807, 2.05) is 0 Å². The van der Waals surface area contributed by atoms with Crippen molar-refractivity contribution in [1.29, 1.82) is 0 Å². The van der Waals surface area contributed by atoms with E-state index in [0.29, 0.717) is 6.42 Å². The zero-order valence-corrected chi connectivity index (χ0v) is 13.8. The van der Waals surface area contributed by atoms with Crippen LogP contribution < -0.4 is 5.32 Å². The van der Waals surface area contributed by atoms with Gasteiger partial charge in [0.2, 0.25) is 0 Å². The van der Waals surface area contributed by atoms with Crippen molar-refractivity contribution in [1.82, 2.24) is 0 Å². The van der Waals surface area contributed by atoms with Crippen molar-refractivity contribution >= 4 is 27.4 Å². The number of carboxylic acid groups (broad SMARTS) is 1. The van der Waals surface area contributed by atoms with Crippen LogP contribution in [-0.4, -0.2) is 31.2 Å². The van der Waals surface area contributed by atoms with Crippen LogP contribution in [0.3, 0.4) is 0 Å². The van der Waals surface area contributed by atoms with E-state index >= 15 is 0 Å². The van der Waals surface area contributed by atoms with Crippen LogP contribution in [0.5, 0.6) is 0 Å². The van der Waals surface area contributed by atoms with E-state index in [-0.39, 0.29) is 27.5 Å². The maximum atomic E-state index is 12.2. The zero-order chi connectivity index (χ0) is 17.7. The molecule has 0 fully saturated rings. The maximum absolute atomic E-state index is 12.2. The van der Waals surface area contributed by atoms with Crippen molar-refractivity contribution < 1.29 is 23.1 Å². The number of rotatable bonds is 6. The third kappa shape index (κ3) is 3.99. The second-order valence-corrected chi connectivity index (χ2v) is 7.26. The lowest BCUT2D eigenvalue weighted by atomic mass is 10.1. The van der Waals surface area contributed by atoms with Gasteiger partial charge < -0.3 is 10.4 Å². The van der Waals surface area contributed by atoms with E-state index < -0.39 is 21.7 Å². The van der Waals surface area contributed by atoms with Gasteiger partial charge in [0.15, 0.2) is 9.84 Å². The van der Waals surface area contributed by atoms with Gasteiger partial charge in [-0.2, -0.15) is 0 Å². The molecule has 7 heteroatoms. The van der Waals surface area contributed by atoms with Crippen LogP contribution in [0.2, 0.25) is 0 Å². The molecule has 2 aromatic carbocycles. The van der Waals surface area contributed by atoms with Crippen molar-refractivity contribution in [3.63, 3.8) is 0 Å². The normalized spacial score (nSPS) is 11.0. The Hall–Kier alpha value is -2.67. The molecule has 0 bridgehead atoms. The van der Waals surface area contributed by atoms with Crippen LogP contribution in [-0.2, 0) is 9.84 Å². The summed E-state index contributed by atoms with van der Waals surface area (Å²) in [5.41, 5.74) is 0.399. The van der Waals surface area contributed by atoms with Gasteiger partial charge in [0.1, 0.15) is 0 Å². The predicted molar refractivity (Wildman–Crippen MR) is 90.1 cm³/mol. The van der Waals surface area contributed by atoms with Crippen molar-refractivity contribution in [2.24, 2.45) is 0 Å². The molecule has 1 amide bonds. The summed E-state index contributed by atoms with van der Waals surface area (Å²) in [6.07, 6.45) is 0.510. The molecular weight excluding hydrogens is 330 g/mol. The van der Waals surface area contributed by atoms with Gasteiger partial charge in [-0.05, 0) is 42.8 Å². The van der Waals surface area contributed by atoms with Crippen LogP contribution in [0.1, 0.15) is 34.1 Å². The number of carbonyl (C=O) groups excluding carboxylic acids is 1. The molecule has 2 N–H and O–H groups in total. The summed E-state index contributed by atoms with van der Waals surface area (Å²) in [6.45, 7) is 1.78. The minimum Gasteiger partial charge on any atom is -0.478 e. The summed E-state index contributed by atoms with van der Waals surface area (Å²) in [5.74, 6) is -1.61. The summed E-state index contributed by atoms with van der Waals surface area (Å²) in [5, 5.41) is 11.6. The quantitative estimate of drug-likeness (QED) is 0.837. The molecule has 2 rings (SSSR count). The number of hydrogen-bond acceptors (Lipinski definition) is 4. The molecule has 0 saturated heterocycles. The predicted octanol–water partition coefficient (Wildman–Crippen LogP) is 2.82. The molecule has 0 unspecified atom stereocenters. The molecule has 0 heterocycles. The fourth-order valence-electron chi connectivity index (χ4n) is 2.17. The molecule has 2 aromatic rings. The molecule has 6 nitrogen and oxygen atoms in total. The van der Waals surface area contributed by atoms with Crippen LogP contribution in [0.4, 0.5) is 5.69 Å². The minimum atomic E-state index is -3.34. The van der Waals surface area contributed by atoms with E-state index in [4.69, 9.17) is 5.11 Å². The van der Waals surface area contributed by atoms with Crippen LogP contribution >= 0.6 is 0 Å². The smallest absolute Gasteiger partial charge is 0.337 e. The standard InChI is InChI=1S/C17H17NO5S/c1-2-11-24(22,23)13-9-7-12(8-10-13)16(19)18-15-6-4-3-5-14(15)17(20)21/h3-10H,2,11H2,1H3,(H,18,19)(H,20,21). The van der Waals surface area contributed by atoms with E-state index in [2.05, 4.69) is 5.32 Å². The number of nitrogens with one attached hydrogen (secondary N) is 1. The number of amides is 1. The highest BCUT2D eigenvalue weighted by atomic mass is 32.2. The van der Waals surface area contributed by atoms with Crippen molar-refractivity contribution in [3.05, 3.63) is 59.7 Å². The molecule has 0 aliphatic rings. The number of hydrogen-bond donors (Lipinski definition) is 2. The van der Waals surface area contributed by atoms with Gasteiger partial charge in [0.25, 0.3) is 5.91 Å². The molecule has 0 atom stereocenters. The molecule has 0 aliphatic heterocycles. The summed E-state index contributed by atoms with van der Waals surface area (Å²) in [7, 11) is -3.34. The number of sulfone groups is 1. The summed E-state index contributed by atoms with van der Waals surface area (Å²) in [6, 6.07) is 11.6. The molecule has 0 spiro atoms.